The number of carbonyl (C=O) groups is 1. The molecule has 1 atom stereocenters. The number of methoxy groups -OCH3 is 1. The Balaban J connectivity index is 2.53. The number of likely N-dealkylation sites (N-methyl/N-ethyl adjacent to an activating group) is 1. The second-order valence-electron chi connectivity index (χ2n) is 4.94. The van der Waals surface area contributed by atoms with E-state index >= 15 is 0 Å². The van der Waals surface area contributed by atoms with E-state index in [1.165, 1.54) is 0 Å². The molecule has 0 aromatic heterocycles. The molecule has 1 rings (SSSR count). The number of carboxylic acid groups (broad SMARTS) is 1. The van der Waals surface area contributed by atoms with Gasteiger partial charge in [0.2, 0.25) is 0 Å². The van der Waals surface area contributed by atoms with Crippen LogP contribution < -0.4 is 5.32 Å². The molecule has 0 aromatic rings. The number of rotatable bonds is 10. The summed E-state index contributed by atoms with van der Waals surface area (Å²) in [6.45, 7) is 8.02. The van der Waals surface area contributed by atoms with E-state index in [2.05, 4.69) is 24.1 Å². The predicted molar refractivity (Wildman–Crippen MR) is 70.8 cm³/mol. The SMILES string of the molecule is CCN(CC)CCNC(COC)(C(=O)O)C1CC1. The van der Waals surface area contributed by atoms with Crippen molar-refractivity contribution in [3.05, 3.63) is 0 Å². The van der Waals surface area contributed by atoms with Crippen molar-refractivity contribution in [2.45, 2.75) is 32.2 Å². The second-order valence-corrected chi connectivity index (χ2v) is 4.94. The summed E-state index contributed by atoms with van der Waals surface area (Å²) < 4.78 is 5.12. The van der Waals surface area contributed by atoms with Crippen molar-refractivity contribution >= 4 is 5.97 Å². The standard InChI is InChI=1S/C13H26N2O3/c1-4-15(5-2)9-8-14-13(10-18-3,12(16)17)11-6-7-11/h11,14H,4-10H2,1-3H3,(H,16,17). The first-order valence-electron chi connectivity index (χ1n) is 6.80. The summed E-state index contributed by atoms with van der Waals surface area (Å²) in [6, 6.07) is 0. The lowest BCUT2D eigenvalue weighted by atomic mass is 9.94. The molecule has 1 saturated carbocycles. The third kappa shape index (κ3) is 3.67. The van der Waals surface area contributed by atoms with E-state index in [-0.39, 0.29) is 12.5 Å². The van der Waals surface area contributed by atoms with Gasteiger partial charge in [-0.15, -0.1) is 0 Å². The number of nitrogens with one attached hydrogen (secondary N) is 1. The van der Waals surface area contributed by atoms with Crippen LogP contribution >= 0.6 is 0 Å². The molecule has 1 unspecified atom stereocenters. The van der Waals surface area contributed by atoms with Gasteiger partial charge in [-0.05, 0) is 31.8 Å². The summed E-state index contributed by atoms with van der Waals surface area (Å²) in [5.74, 6) is -0.571. The number of nitrogens with zero attached hydrogens (tertiary/aromatic N) is 1. The third-order valence-electron chi connectivity index (χ3n) is 3.79. The Morgan fingerprint density at radius 2 is 2.06 bits per heavy atom. The molecule has 5 heteroatoms. The Morgan fingerprint density at radius 1 is 1.44 bits per heavy atom. The summed E-state index contributed by atoms with van der Waals surface area (Å²) >= 11 is 0. The van der Waals surface area contributed by atoms with Crippen LogP contribution in [0.15, 0.2) is 0 Å². The summed E-state index contributed by atoms with van der Waals surface area (Å²) in [4.78, 5) is 13.8. The lowest BCUT2D eigenvalue weighted by Crippen LogP contribution is -2.58. The van der Waals surface area contributed by atoms with Crippen LogP contribution in [0, 0.1) is 5.92 Å². The van der Waals surface area contributed by atoms with Crippen LogP contribution in [0.4, 0.5) is 0 Å². The van der Waals surface area contributed by atoms with Crippen LogP contribution in [0.5, 0.6) is 0 Å². The number of hydrogen-bond acceptors (Lipinski definition) is 4. The average Bonchev–Trinajstić information content (AvgIpc) is 3.17. The first kappa shape index (κ1) is 15.4. The minimum Gasteiger partial charge on any atom is -0.480 e. The Bertz CT molecular complexity index is 265. The third-order valence-corrected chi connectivity index (χ3v) is 3.79. The molecule has 0 amide bonds. The van der Waals surface area contributed by atoms with Crippen LogP contribution in [-0.2, 0) is 9.53 Å². The molecule has 1 aliphatic carbocycles. The molecule has 0 aromatic carbocycles. The van der Waals surface area contributed by atoms with E-state index in [0.717, 1.165) is 32.5 Å². The highest BCUT2D eigenvalue weighted by molar-refractivity contribution is 5.80. The molecule has 18 heavy (non-hydrogen) atoms. The minimum atomic E-state index is -0.887. The number of carboxylic acids is 1. The molecule has 0 saturated heterocycles. The van der Waals surface area contributed by atoms with Gasteiger partial charge in [-0.3, -0.25) is 10.1 Å². The van der Waals surface area contributed by atoms with Crippen molar-refractivity contribution < 1.29 is 14.6 Å². The van der Waals surface area contributed by atoms with Crippen molar-refractivity contribution in [1.29, 1.82) is 0 Å². The van der Waals surface area contributed by atoms with E-state index < -0.39 is 11.5 Å². The maximum Gasteiger partial charge on any atom is 0.326 e. The van der Waals surface area contributed by atoms with E-state index in [9.17, 15) is 9.90 Å². The molecule has 1 fully saturated rings. The van der Waals surface area contributed by atoms with E-state index in [1.807, 2.05) is 0 Å². The van der Waals surface area contributed by atoms with E-state index in [4.69, 9.17) is 4.74 Å². The average molecular weight is 258 g/mol. The molecule has 0 heterocycles. The van der Waals surface area contributed by atoms with Crippen LogP contribution in [0.2, 0.25) is 0 Å². The van der Waals surface area contributed by atoms with Crippen LogP contribution in [0.25, 0.3) is 0 Å². The van der Waals surface area contributed by atoms with Gasteiger partial charge in [0.05, 0.1) is 6.61 Å². The van der Waals surface area contributed by atoms with Crippen LogP contribution in [-0.4, -0.2) is 61.4 Å². The zero-order valence-electron chi connectivity index (χ0n) is 11.7. The summed E-state index contributed by atoms with van der Waals surface area (Å²) in [5, 5.41) is 12.7. The van der Waals surface area contributed by atoms with Crippen molar-refractivity contribution in [2.24, 2.45) is 5.92 Å². The molecule has 2 N–H and O–H groups in total. The van der Waals surface area contributed by atoms with Gasteiger partial charge < -0.3 is 14.7 Å². The summed E-state index contributed by atoms with van der Waals surface area (Å²) in [7, 11) is 1.56. The van der Waals surface area contributed by atoms with Gasteiger partial charge in [0.15, 0.2) is 0 Å². The molecule has 5 nitrogen and oxygen atoms in total. The highest BCUT2D eigenvalue weighted by Gasteiger charge is 2.51. The highest BCUT2D eigenvalue weighted by Crippen LogP contribution is 2.40. The fourth-order valence-corrected chi connectivity index (χ4v) is 2.41. The summed E-state index contributed by atoms with van der Waals surface area (Å²) in [5.41, 5.74) is -0.887. The quantitative estimate of drug-likeness (QED) is 0.607. The Kier molecular flexibility index (Phi) is 6.05. The van der Waals surface area contributed by atoms with Gasteiger partial charge in [-0.2, -0.15) is 0 Å². The summed E-state index contributed by atoms with van der Waals surface area (Å²) in [6.07, 6.45) is 1.96. The molecule has 0 spiro atoms. The van der Waals surface area contributed by atoms with Crippen LogP contribution in [0.3, 0.4) is 0 Å². The number of hydrogen-bond donors (Lipinski definition) is 2. The van der Waals surface area contributed by atoms with Gasteiger partial charge in [-0.25, -0.2) is 0 Å². The normalized spacial score (nSPS) is 18.9. The molecule has 0 aliphatic heterocycles. The zero-order valence-corrected chi connectivity index (χ0v) is 11.7. The largest absolute Gasteiger partial charge is 0.480 e. The minimum absolute atomic E-state index is 0.214. The Morgan fingerprint density at radius 3 is 2.44 bits per heavy atom. The number of aliphatic carboxylic acids is 1. The fraction of sp³-hybridized carbons (Fsp3) is 0.923. The van der Waals surface area contributed by atoms with Gasteiger partial charge >= 0.3 is 5.97 Å². The topological polar surface area (TPSA) is 61.8 Å². The smallest absolute Gasteiger partial charge is 0.326 e. The maximum absolute atomic E-state index is 11.6. The van der Waals surface area contributed by atoms with Crippen molar-refractivity contribution in [3.8, 4) is 0 Å². The predicted octanol–water partition coefficient (Wildman–Crippen LogP) is 0.798. The highest BCUT2D eigenvalue weighted by atomic mass is 16.5. The second kappa shape index (κ2) is 7.07. The molecular weight excluding hydrogens is 232 g/mol. The lowest BCUT2D eigenvalue weighted by Gasteiger charge is -2.31. The lowest BCUT2D eigenvalue weighted by molar-refractivity contribution is -0.148. The maximum atomic E-state index is 11.6. The van der Waals surface area contributed by atoms with Gasteiger partial charge in [0, 0.05) is 20.2 Å². The number of ether oxygens (including phenoxy) is 1. The Hall–Kier alpha value is -0.650. The van der Waals surface area contributed by atoms with Crippen molar-refractivity contribution in [3.63, 3.8) is 0 Å². The molecule has 1 aliphatic rings. The first-order chi connectivity index (χ1) is 8.60. The van der Waals surface area contributed by atoms with E-state index in [0.29, 0.717) is 6.54 Å². The van der Waals surface area contributed by atoms with Gasteiger partial charge in [0.25, 0.3) is 0 Å². The van der Waals surface area contributed by atoms with Gasteiger partial charge in [0.1, 0.15) is 5.54 Å². The molecule has 0 radical (unpaired) electrons. The molecule has 0 bridgehead atoms. The molecule has 106 valence electrons. The molecular formula is C13H26N2O3. The zero-order chi connectivity index (χ0) is 13.6. The fourth-order valence-electron chi connectivity index (χ4n) is 2.41. The first-order valence-corrected chi connectivity index (χ1v) is 6.80. The van der Waals surface area contributed by atoms with E-state index in [1.54, 1.807) is 7.11 Å². The van der Waals surface area contributed by atoms with Crippen molar-refractivity contribution in [1.82, 2.24) is 10.2 Å². The van der Waals surface area contributed by atoms with Crippen molar-refractivity contribution in [2.75, 3.05) is 39.9 Å². The Labute approximate surface area is 109 Å². The monoisotopic (exact) mass is 258 g/mol. The van der Waals surface area contributed by atoms with Gasteiger partial charge in [-0.1, -0.05) is 13.8 Å². The van der Waals surface area contributed by atoms with Crippen LogP contribution in [0.1, 0.15) is 26.7 Å².